The van der Waals surface area contributed by atoms with Crippen molar-refractivity contribution in [3.63, 3.8) is 0 Å². The molecule has 0 aromatic rings. The molecular weight excluding hydrogens is 169 g/mol. The Labute approximate surface area is 84.7 Å². The number of rotatable bonds is 2. The number of carbonyl (C=O) groups is 1. The van der Waals surface area contributed by atoms with Crippen LogP contribution in [0.15, 0.2) is 0 Å². The van der Waals surface area contributed by atoms with Crippen molar-refractivity contribution in [1.82, 2.24) is 0 Å². The van der Waals surface area contributed by atoms with Crippen molar-refractivity contribution in [2.24, 2.45) is 5.73 Å². The fourth-order valence-electron chi connectivity index (χ4n) is 0.133. The van der Waals surface area contributed by atoms with E-state index in [9.17, 15) is 4.79 Å². The first-order valence-corrected chi connectivity index (χ1v) is 3.16. The van der Waals surface area contributed by atoms with Crippen LogP contribution < -0.4 is 5.73 Å². The van der Waals surface area contributed by atoms with Crippen LogP contribution in [-0.2, 0) is 4.79 Å². The Morgan fingerprint density at radius 2 is 2.22 bits per heavy atom. The SMILES string of the molecule is NC(=S)SCC(=O)O.[Na]. The standard InChI is InChI=1S/C3H5NO2S2.Na/c4-3(7)8-1-2(5)6;/h1H2,(H2,4,7)(H,5,6);. The van der Waals surface area contributed by atoms with E-state index in [4.69, 9.17) is 10.8 Å². The maximum atomic E-state index is 9.77. The Hall–Kier alpha value is 0.710. The first kappa shape index (κ1) is 12.4. The number of thiocarbonyl (C=S) groups is 1. The van der Waals surface area contributed by atoms with E-state index in [0.717, 1.165) is 11.8 Å². The van der Waals surface area contributed by atoms with Crippen LogP contribution in [0.25, 0.3) is 0 Å². The average Bonchev–Trinajstić information content (AvgIpc) is 1.61. The second-order valence-corrected chi connectivity index (χ2v) is 2.72. The number of carboxylic acids is 1. The minimum Gasteiger partial charge on any atom is -0.481 e. The molecule has 47 valence electrons. The topological polar surface area (TPSA) is 63.3 Å². The van der Waals surface area contributed by atoms with Crippen molar-refractivity contribution in [2.45, 2.75) is 0 Å². The predicted molar refractivity (Wildman–Crippen MR) is 42.6 cm³/mol. The molecule has 0 heterocycles. The third kappa shape index (κ3) is 12.0. The van der Waals surface area contributed by atoms with Gasteiger partial charge in [0.1, 0.15) is 4.32 Å². The normalized spacial score (nSPS) is 7.56. The molecule has 3 N–H and O–H groups in total. The second kappa shape index (κ2) is 6.82. The largest absolute Gasteiger partial charge is 0.481 e. The Morgan fingerprint density at radius 1 is 1.78 bits per heavy atom. The molecule has 0 atom stereocenters. The van der Waals surface area contributed by atoms with E-state index in [1.54, 1.807) is 0 Å². The van der Waals surface area contributed by atoms with E-state index in [2.05, 4.69) is 12.2 Å². The second-order valence-electron chi connectivity index (χ2n) is 1.00. The summed E-state index contributed by atoms with van der Waals surface area (Å²) in [5, 5.41) is 8.03. The van der Waals surface area contributed by atoms with E-state index in [1.165, 1.54) is 0 Å². The quantitative estimate of drug-likeness (QED) is 0.443. The van der Waals surface area contributed by atoms with Gasteiger partial charge < -0.3 is 10.8 Å². The van der Waals surface area contributed by atoms with Gasteiger partial charge in [0.05, 0.1) is 5.75 Å². The van der Waals surface area contributed by atoms with Crippen molar-refractivity contribution in [2.75, 3.05) is 5.75 Å². The molecule has 0 fully saturated rings. The number of thioether (sulfide) groups is 1. The Morgan fingerprint density at radius 3 is 2.33 bits per heavy atom. The third-order valence-corrected chi connectivity index (χ3v) is 1.37. The van der Waals surface area contributed by atoms with Crippen LogP contribution >= 0.6 is 24.0 Å². The van der Waals surface area contributed by atoms with Gasteiger partial charge in [-0.15, -0.1) is 0 Å². The molecule has 0 aliphatic carbocycles. The minimum absolute atomic E-state index is 0. The first-order chi connectivity index (χ1) is 3.63. The summed E-state index contributed by atoms with van der Waals surface area (Å²) in [6, 6.07) is 0. The zero-order chi connectivity index (χ0) is 6.57. The summed E-state index contributed by atoms with van der Waals surface area (Å²) in [7, 11) is 0. The molecule has 0 aromatic carbocycles. The van der Waals surface area contributed by atoms with E-state index >= 15 is 0 Å². The van der Waals surface area contributed by atoms with Crippen LogP contribution in [0.5, 0.6) is 0 Å². The van der Waals surface area contributed by atoms with Crippen molar-refractivity contribution < 1.29 is 9.90 Å². The van der Waals surface area contributed by atoms with Crippen LogP contribution in [0.1, 0.15) is 0 Å². The molecule has 0 aliphatic heterocycles. The van der Waals surface area contributed by atoms with E-state index < -0.39 is 5.97 Å². The van der Waals surface area contributed by atoms with E-state index in [1.807, 2.05) is 0 Å². The molecule has 0 aliphatic rings. The summed E-state index contributed by atoms with van der Waals surface area (Å²) in [6.07, 6.45) is 0. The molecule has 0 saturated carbocycles. The summed E-state index contributed by atoms with van der Waals surface area (Å²) in [5.74, 6) is -0.946. The number of aliphatic carboxylic acids is 1. The van der Waals surface area contributed by atoms with Crippen LogP contribution in [0.3, 0.4) is 0 Å². The van der Waals surface area contributed by atoms with Crippen LogP contribution in [0, 0.1) is 0 Å². The van der Waals surface area contributed by atoms with Crippen molar-refractivity contribution >= 4 is 63.8 Å². The smallest absolute Gasteiger partial charge is 0.313 e. The third-order valence-electron chi connectivity index (χ3n) is 0.338. The van der Waals surface area contributed by atoms with Gasteiger partial charge >= 0.3 is 5.97 Å². The summed E-state index contributed by atoms with van der Waals surface area (Å²) in [4.78, 5) is 9.77. The number of hydrogen-bond donors (Lipinski definition) is 2. The molecule has 9 heavy (non-hydrogen) atoms. The van der Waals surface area contributed by atoms with Gasteiger partial charge in [0, 0.05) is 29.6 Å². The molecule has 0 aromatic heterocycles. The van der Waals surface area contributed by atoms with E-state index in [-0.39, 0.29) is 39.6 Å². The van der Waals surface area contributed by atoms with Gasteiger partial charge in [0.2, 0.25) is 0 Å². The minimum atomic E-state index is -0.900. The molecule has 0 rings (SSSR count). The maximum absolute atomic E-state index is 9.77. The molecule has 0 amide bonds. The van der Waals surface area contributed by atoms with Gasteiger partial charge in [-0.2, -0.15) is 0 Å². The van der Waals surface area contributed by atoms with Crippen molar-refractivity contribution in [1.29, 1.82) is 0 Å². The molecule has 0 bridgehead atoms. The van der Waals surface area contributed by atoms with Crippen molar-refractivity contribution in [3.05, 3.63) is 0 Å². The summed E-state index contributed by atoms with van der Waals surface area (Å²) in [6.45, 7) is 0. The first-order valence-electron chi connectivity index (χ1n) is 1.77. The predicted octanol–water partition coefficient (Wildman–Crippen LogP) is -0.333. The van der Waals surface area contributed by atoms with Crippen LogP contribution in [-0.4, -0.2) is 50.7 Å². The zero-order valence-corrected chi connectivity index (χ0v) is 8.59. The fraction of sp³-hybridized carbons (Fsp3) is 0.333. The summed E-state index contributed by atoms with van der Waals surface area (Å²) < 4.78 is 0.174. The molecule has 6 heteroatoms. The van der Waals surface area contributed by atoms with Gasteiger partial charge in [0.25, 0.3) is 0 Å². The Balaban J connectivity index is 0. The van der Waals surface area contributed by atoms with Gasteiger partial charge in [-0.1, -0.05) is 24.0 Å². The molecule has 0 spiro atoms. The molecule has 0 unspecified atom stereocenters. The number of nitrogens with two attached hydrogens (primary N) is 1. The van der Waals surface area contributed by atoms with Crippen LogP contribution in [0.4, 0.5) is 0 Å². The van der Waals surface area contributed by atoms with E-state index in [0.29, 0.717) is 0 Å². The fourth-order valence-corrected chi connectivity index (χ4v) is 0.575. The zero-order valence-electron chi connectivity index (χ0n) is 4.96. The molecule has 3 nitrogen and oxygen atoms in total. The maximum Gasteiger partial charge on any atom is 0.313 e. The van der Waals surface area contributed by atoms with Gasteiger partial charge in [0.15, 0.2) is 0 Å². The molecule has 0 saturated heterocycles. The molecular formula is C3H5NNaO2S2. The average molecular weight is 174 g/mol. The number of hydrogen-bond acceptors (Lipinski definition) is 3. The summed E-state index contributed by atoms with van der Waals surface area (Å²) >= 11 is 5.34. The Bertz CT molecular complexity index is 104. The van der Waals surface area contributed by atoms with Crippen molar-refractivity contribution in [3.8, 4) is 0 Å². The van der Waals surface area contributed by atoms with Crippen LogP contribution in [0.2, 0.25) is 0 Å². The Kier molecular flexibility index (Phi) is 9.40. The van der Waals surface area contributed by atoms with Gasteiger partial charge in [-0.3, -0.25) is 4.79 Å². The monoisotopic (exact) mass is 174 g/mol. The van der Waals surface area contributed by atoms with Gasteiger partial charge in [-0.25, -0.2) is 0 Å². The summed E-state index contributed by atoms with van der Waals surface area (Å²) in [5.41, 5.74) is 4.97. The molecule has 1 radical (unpaired) electrons. The van der Waals surface area contributed by atoms with Gasteiger partial charge in [-0.05, 0) is 0 Å². The number of carboxylic acid groups (broad SMARTS) is 1.